The van der Waals surface area contributed by atoms with Crippen molar-refractivity contribution in [3.05, 3.63) is 23.8 Å². The van der Waals surface area contributed by atoms with Crippen LogP contribution in [0.4, 0.5) is 13.2 Å². The molecule has 0 saturated carbocycles. The number of aliphatic hydroxyl groups is 1. The smallest absolute Gasteiger partial charge is 0.394 e. The minimum Gasteiger partial charge on any atom is -0.394 e. The highest BCUT2D eigenvalue weighted by atomic mass is 32.1. The largest absolute Gasteiger partial charge is 0.431 e. The Hall–Kier alpha value is -1.32. The van der Waals surface area contributed by atoms with Crippen LogP contribution in [0.1, 0.15) is 0 Å². The van der Waals surface area contributed by atoms with Crippen LogP contribution >= 0.6 is 12.2 Å². The van der Waals surface area contributed by atoms with Gasteiger partial charge in [-0.3, -0.25) is 5.01 Å². The third-order valence-corrected chi connectivity index (χ3v) is 2.45. The quantitative estimate of drug-likeness (QED) is 0.620. The molecule has 0 aromatic carbocycles. The Morgan fingerprint density at radius 2 is 2.12 bits per heavy atom. The molecule has 17 heavy (non-hydrogen) atoms. The number of hydrazine groups is 2. The second-order valence-electron chi connectivity index (χ2n) is 3.39. The van der Waals surface area contributed by atoms with Crippen LogP contribution in [0.5, 0.6) is 0 Å². The Morgan fingerprint density at radius 1 is 1.41 bits per heavy atom. The Labute approximate surface area is 100 Å². The van der Waals surface area contributed by atoms with Crippen LogP contribution in [-0.4, -0.2) is 39.4 Å². The molecule has 0 atom stereocenters. The summed E-state index contributed by atoms with van der Waals surface area (Å²) < 4.78 is 37.5. The standard InChI is InChI=1S/C8H9F3N4OS/c9-8(10,11)5-3-7(17)15-6(12-5)4-14(13-15)1-2-16/h3-4,12-13,16H,1-2H2. The lowest BCUT2D eigenvalue weighted by atomic mass is 10.3. The number of halogens is 3. The maximum Gasteiger partial charge on any atom is 0.431 e. The van der Waals surface area contributed by atoms with Gasteiger partial charge in [-0.25, -0.2) is 5.01 Å². The lowest BCUT2D eigenvalue weighted by Crippen LogP contribution is -2.49. The number of hydrogen-bond acceptors (Lipinski definition) is 5. The minimum atomic E-state index is -4.47. The number of allylic oxidation sites excluding steroid dienone is 1. The van der Waals surface area contributed by atoms with Crippen LogP contribution in [-0.2, 0) is 0 Å². The highest BCUT2D eigenvalue weighted by molar-refractivity contribution is 7.80. The first-order valence-electron chi connectivity index (χ1n) is 4.67. The maximum atomic E-state index is 12.5. The van der Waals surface area contributed by atoms with Crippen molar-refractivity contribution < 1.29 is 18.3 Å². The highest BCUT2D eigenvalue weighted by Crippen LogP contribution is 2.28. The minimum absolute atomic E-state index is 0.00256. The van der Waals surface area contributed by atoms with Gasteiger partial charge in [-0.1, -0.05) is 12.2 Å². The summed E-state index contributed by atoms with van der Waals surface area (Å²) in [6.45, 7) is 0.114. The van der Waals surface area contributed by atoms with Crippen LogP contribution in [0.2, 0.25) is 0 Å². The number of fused-ring (bicyclic) bond motifs is 1. The molecule has 0 unspecified atom stereocenters. The Balaban J connectivity index is 2.20. The first-order valence-corrected chi connectivity index (χ1v) is 5.08. The zero-order chi connectivity index (χ0) is 12.6. The number of nitrogens with zero attached hydrogens (tertiary/aromatic N) is 2. The molecule has 0 spiro atoms. The number of nitrogens with one attached hydrogen (secondary N) is 2. The van der Waals surface area contributed by atoms with Gasteiger partial charge in [-0.15, -0.1) is 5.53 Å². The molecule has 9 heteroatoms. The molecule has 2 aliphatic heterocycles. The number of thiocarbonyl (C=S) groups is 1. The van der Waals surface area contributed by atoms with Crippen molar-refractivity contribution in [1.82, 2.24) is 20.9 Å². The van der Waals surface area contributed by atoms with Gasteiger partial charge >= 0.3 is 6.18 Å². The third-order valence-electron chi connectivity index (χ3n) is 2.14. The third kappa shape index (κ3) is 2.35. The molecule has 2 aliphatic rings. The second kappa shape index (κ2) is 4.17. The molecule has 5 nitrogen and oxygen atoms in total. The van der Waals surface area contributed by atoms with Gasteiger partial charge < -0.3 is 10.4 Å². The number of β-amino-alcohol motifs (C(OH)–C–C–N with tert-alkyl or cyclic N) is 1. The van der Waals surface area contributed by atoms with E-state index in [1.807, 2.05) is 0 Å². The van der Waals surface area contributed by atoms with E-state index in [4.69, 9.17) is 17.3 Å². The zero-order valence-electron chi connectivity index (χ0n) is 8.45. The van der Waals surface area contributed by atoms with E-state index in [0.29, 0.717) is 0 Å². The SMILES string of the molecule is OCCN1C=C2NC(C(F)(F)F)=CC(=S)N2N1. The van der Waals surface area contributed by atoms with Crippen LogP contribution in [0, 0.1) is 0 Å². The molecule has 0 radical (unpaired) electrons. The van der Waals surface area contributed by atoms with Gasteiger partial charge in [0.1, 0.15) is 16.5 Å². The molecule has 3 N–H and O–H groups in total. The molecule has 94 valence electrons. The fourth-order valence-electron chi connectivity index (χ4n) is 1.41. The average Bonchev–Trinajstić information content (AvgIpc) is 2.60. The normalized spacial score (nSPS) is 19.9. The van der Waals surface area contributed by atoms with Crippen LogP contribution in [0.25, 0.3) is 0 Å². The molecule has 0 saturated heterocycles. The van der Waals surface area contributed by atoms with Crippen LogP contribution in [0.3, 0.4) is 0 Å². The zero-order valence-corrected chi connectivity index (χ0v) is 9.27. The monoisotopic (exact) mass is 266 g/mol. The summed E-state index contributed by atoms with van der Waals surface area (Å²) in [4.78, 5) is 0.00256. The van der Waals surface area contributed by atoms with Crippen molar-refractivity contribution >= 4 is 17.2 Å². The summed E-state index contributed by atoms with van der Waals surface area (Å²) in [6.07, 6.45) is -2.23. The van der Waals surface area contributed by atoms with Gasteiger partial charge in [0.2, 0.25) is 0 Å². The molecule has 0 fully saturated rings. The molecule has 0 aromatic heterocycles. The fraction of sp³-hybridized carbons (Fsp3) is 0.375. The Bertz CT molecular complexity index is 406. The summed E-state index contributed by atoms with van der Waals surface area (Å²) in [7, 11) is 0. The Morgan fingerprint density at radius 3 is 2.71 bits per heavy atom. The fourth-order valence-corrected chi connectivity index (χ4v) is 1.67. The van der Waals surface area contributed by atoms with E-state index in [-0.39, 0.29) is 24.0 Å². The number of hydrogen-bond donors (Lipinski definition) is 3. The van der Waals surface area contributed by atoms with Gasteiger partial charge in [-0.2, -0.15) is 13.2 Å². The van der Waals surface area contributed by atoms with E-state index in [1.165, 1.54) is 16.2 Å². The predicted molar refractivity (Wildman–Crippen MR) is 56.7 cm³/mol. The van der Waals surface area contributed by atoms with Crippen molar-refractivity contribution in [3.8, 4) is 0 Å². The first-order chi connectivity index (χ1) is 7.91. The highest BCUT2D eigenvalue weighted by Gasteiger charge is 2.39. The lowest BCUT2D eigenvalue weighted by Gasteiger charge is -2.28. The molecule has 0 aliphatic carbocycles. The average molecular weight is 266 g/mol. The van der Waals surface area contributed by atoms with Crippen molar-refractivity contribution in [3.63, 3.8) is 0 Å². The topological polar surface area (TPSA) is 50.8 Å². The summed E-state index contributed by atoms with van der Waals surface area (Å²) in [5.41, 5.74) is 1.81. The van der Waals surface area contributed by atoms with Gasteiger partial charge in [0, 0.05) is 6.08 Å². The molecular weight excluding hydrogens is 257 g/mol. The lowest BCUT2D eigenvalue weighted by molar-refractivity contribution is -0.0967. The van der Waals surface area contributed by atoms with E-state index in [1.54, 1.807) is 0 Å². The number of alkyl halides is 3. The molecule has 2 heterocycles. The molecule has 0 bridgehead atoms. The molecule has 0 amide bonds. The molecule has 2 rings (SSSR count). The van der Waals surface area contributed by atoms with Crippen LogP contribution < -0.4 is 10.9 Å². The summed E-state index contributed by atoms with van der Waals surface area (Å²) in [6, 6.07) is 0. The summed E-state index contributed by atoms with van der Waals surface area (Å²) in [5, 5.41) is 13.7. The second-order valence-corrected chi connectivity index (χ2v) is 3.80. The van der Waals surface area contributed by atoms with Crippen molar-refractivity contribution in [2.45, 2.75) is 6.18 Å². The van der Waals surface area contributed by atoms with E-state index in [0.717, 1.165) is 6.08 Å². The van der Waals surface area contributed by atoms with Crippen molar-refractivity contribution in [2.75, 3.05) is 13.2 Å². The van der Waals surface area contributed by atoms with E-state index in [9.17, 15) is 13.2 Å². The van der Waals surface area contributed by atoms with Crippen LogP contribution in [0.15, 0.2) is 23.8 Å². The van der Waals surface area contributed by atoms with E-state index >= 15 is 0 Å². The summed E-state index contributed by atoms with van der Waals surface area (Å²) in [5.74, 6) is 0.179. The van der Waals surface area contributed by atoms with Crippen molar-refractivity contribution in [1.29, 1.82) is 0 Å². The van der Waals surface area contributed by atoms with Gasteiger partial charge in [-0.05, 0) is 0 Å². The van der Waals surface area contributed by atoms with E-state index < -0.39 is 11.9 Å². The first kappa shape index (κ1) is 12.1. The maximum absolute atomic E-state index is 12.5. The van der Waals surface area contributed by atoms with Gasteiger partial charge in [0.25, 0.3) is 0 Å². The van der Waals surface area contributed by atoms with Gasteiger partial charge in [0.05, 0.1) is 19.4 Å². The van der Waals surface area contributed by atoms with Crippen molar-refractivity contribution in [2.24, 2.45) is 0 Å². The summed E-state index contributed by atoms with van der Waals surface area (Å²) >= 11 is 4.84. The number of aliphatic hydroxyl groups excluding tert-OH is 1. The Kier molecular flexibility index (Phi) is 2.98. The number of rotatable bonds is 2. The van der Waals surface area contributed by atoms with Gasteiger partial charge in [0.15, 0.2) is 0 Å². The molecule has 0 aromatic rings. The predicted octanol–water partition coefficient (Wildman–Crippen LogP) is 0.192. The molecular formula is C8H9F3N4OS. The van der Waals surface area contributed by atoms with E-state index in [2.05, 4.69) is 10.9 Å².